The van der Waals surface area contributed by atoms with Gasteiger partial charge >= 0.3 is 28.8 Å². The summed E-state index contributed by atoms with van der Waals surface area (Å²) in [7, 11) is -19.0. The molecule has 0 spiro atoms. The Balaban J connectivity index is 0.000000141. The molecule has 5 N–H and O–H groups in total. The molecule has 0 radical (unpaired) electrons. The third kappa shape index (κ3) is 25.9. The fourth-order valence-electron chi connectivity index (χ4n) is 16.8. The summed E-state index contributed by atoms with van der Waals surface area (Å²) < 4.78 is 150. The maximum atomic E-state index is 13.4. The summed E-state index contributed by atoms with van der Waals surface area (Å²) in [5.41, 5.74) is 12.3. The van der Waals surface area contributed by atoms with Gasteiger partial charge < -0.3 is 69.2 Å². The normalized spacial score (nSPS) is 16.9. The second kappa shape index (κ2) is 47.1. The summed E-state index contributed by atoms with van der Waals surface area (Å²) in [5, 5.41) is 45.0. The number of fused-ring (bicyclic) bond motifs is 7. The van der Waals surface area contributed by atoms with E-state index < -0.39 is 70.0 Å². The lowest BCUT2D eigenvalue weighted by Crippen LogP contribution is -2.29. The Morgan fingerprint density at radius 3 is 1.05 bits per heavy atom. The number of carbonyl (C=O) groups is 4. The Labute approximate surface area is 854 Å². The van der Waals surface area contributed by atoms with Crippen molar-refractivity contribution in [2.45, 2.75) is 136 Å². The number of nitrogens with zero attached hydrogens (tertiary/aromatic N) is 8. The topological polar surface area (TPSA) is 492 Å². The number of ether oxygens (including phenoxy) is 8. The molecule has 1 fully saturated rings. The fourth-order valence-corrected chi connectivity index (χ4v) is 32.0. The molecular formula is C99H107N12O27P3S5. The van der Waals surface area contributed by atoms with Gasteiger partial charge in [0.25, 0.3) is 31.4 Å². The van der Waals surface area contributed by atoms with Crippen molar-refractivity contribution in [1.82, 2.24) is 19.9 Å². The number of aliphatic carboxylic acids is 1. The number of anilines is 6. The number of sulfonamides is 2. The van der Waals surface area contributed by atoms with Gasteiger partial charge in [-0.25, -0.2) is 44.7 Å². The lowest BCUT2D eigenvalue weighted by molar-refractivity contribution is -0.388. The number of carboxylic acids is 1. The minimum atomic E-state index is -4.14. The van der Waals surface area contributed by atoms with Crippen molar-refractivity contribution in [2.75, 3.05) is 115 Å². The molecule has 0 bridgehead atoms. The maximum absolute atomic E-state index is 13.4. The number of carbonyl (C=O) groups excluding carboxylic acids is 3. The van der Waals surface area contributed by atoms with Crippen LogP contribution in [0.4, 0.5) is 43.8 Å². The minimum Gasteiger partial charge on any atom is -0.481 e. The van der Waals surface area contributed by atoms with Crippen LogP contribution in [0.5, 0.6) is 46.0 Å². The summed E-state index contributed by atoms with van der Waals surface area (Å²) >= 11 is 4.20. The maximum Gasteiger partial charge on any atom is 0.345 e. The van der Waals surface area contributed by atoms with Gasteiger partial charge in [0.05, 0.1) is 82.5 Å². The number of hydrogen-bond acceptors (Lipinski definition) is 34. The van der Waals surface area contributed by atoms with Crippen molar-refractivity contribution in [1.29, 1.82) is 0 Å². The Bertz CT molecular complexity index is 7000. The van der Waals surface area contributed by atoms with Crippen LogP contribution >= 0.6 is 56.8 Å². The molecule has 1 saturated heterocycles. The summed E-state index contributed by atoms with van der Waals surface area (Å²) in [6, 6.07) is 49.2. The van der Waals surface area contributed by atoms with Crippen LogP contribution in [0, 0.1) is 41.0 Å². The number of aromatic nitrogens is 3. The Hall–Kier alpha value is -13.2. The molecule has 770 valence electrons. The molecule has 3 amide bonds. The first-order chi connectivity index (χ1) is 70.0. The lowest BCUT2D eigenvalue weighted by atomic mass is 10.1. The molecule has 9 aromatic carbocycles. The standard InChI is InChI=1S/2C27H22N4O7S2.C21H19N3O3S.C9H21O6P3.C9H8O4.C6H15N/c2*1-16-26(29-27(39-16)28-25(32)13-17-6-9-22-23(12-17)38-15-37-22)19-7-8-20-18(14-19)10-11-30(20)40(35,36)24-5-3-2-4-21(24)31(33)34;1-12-20(15-3-4-16-14(10-15)6-7-22-16)24-21(28-12)23-19(25)9-13-2-5-17-18(8-13)27-11-26-17;1-4-7-16(10)13-17(11,8-5-2)15-18(12,14-16)9-6-3;10-9(11)4-6-1-2-7-8(3-6)13-5-12-7;1-4-7(5-2)6-3/h2*2-9,12,14H,10-11,13,15H2,1H3,(H,28,29,32);2-5,8,10,22H,6-7,9,11H2,1H3,(H,23,24,25);4-9H2,1-3H3;1-3H,4-5H2,(H,10,11);4-6H2,1-3H3. The van der Waals surface area contributed by atoms with Crippen molar-refractivity contribution in [3.63, 3.8) is 0 Å². The number of nitro benzene ring substituents is 2. The number of nitrogens with one attached hydrogen (secondary N) is 4. The number of hydrogen-bond donors (Lipinski definition) is 5. The highest BCUT2D eigenvalue weighted by Gasteiger charge is 2.51. The van der Waals surface area contributed by atoms with E-state index >= 15 is 0 Å². The minimum absolute atomic E-state index is 0.0106. The zero-order chi connectivity index (χ0) is 104. The molecule has 39 nitrogen and oxygen atoms in total. The van der Waals surface area contributed by atoms with Crippen LogP contribution in [0.1, 0.15) is 114 Å². The van der Waals surface area contributed by atoms with Gasteiger partial charge in [-0.15, -0.1) is 34.0 Å². The van der Waals surface area contributed by atoms with Gasteiger partial charge in [0.1, 0.15) is 0 Å². The van der Waals surface area contributed by atoms with Crippen LogP contribution < -0.4 is 67.8 Å². The van der Waals surface area contributed by atoms with Crippen LogP contribution in [0.15, 0.2) is 186 Å². The summed E-state index contributed by atoms with van der Waals surface area (Å²) in [4.78, 5) is 88.2. The number of aryl methyl sites for hydroxylation is 3. The second-order valence-corrected chi connectivity index (χ2v) is 48.2. The SMILES string of the molecule is CCCP1(=O)OP(=O)(CCC)OP(=O)(CCC)O1.CCN(CC)CC.Cc1sc(NC(=O)Cc2ccc3c(c2)OCO3)nc1-c1ccc2c(c1)CCN2.Cc1sc(NC(=O)Cc2ccc3c(c2)OCO3)nc1-c1ccc2c(c1)CCN2S(=O)(=O)c1ccccc1[N+](=O)[O-].Cc1sc(NC(=O)Cc2ccc3c(c2)OCO3)nc1-c1ccc2c(c1)CCN2S(=O)(=O)c1ccccc1[N+](=O)[O-].O=C(O)Cc1ccc2c(c1)OCO2. The summed E-state index contributed by atoms with van der Waals surface area (Å²) in [5.74, 6) is 3.85. The first kappa shape index (κ1) is 107. The highest BCUT2D eigenvalue weighted by atomic mass is 32.2. The van der Waals surface area contributed by atoms with Gasteiger partial charge in [-0.1, -0.05) is 108 Å². The van der Waals surface area contributed by atoms with Gasteiger partial charge in [-0.3, -0.25) is 61.7 Å². The van der Waals surface area contributed by atoms with E-state index in [0.717, 1.165) is 83.4 Å². The van der Waals surface area contributed by atoms with E-state index in [1.54, 1.807) is 87.5 Å². The highest BCUT2D eigenvalue weighted by Crippen LogP contribution is 2.82. The van der Waals surface area contributed by atoms with E-state index in [9.17, 15) is 69.9 Å². The summed E-state index contributed by atoms with van der Waals surface area (Å²) in [6.07, 6.45) is 4.43. The van der Waals surface area contributed by atoms with E-state index in [1.807, 2.05) is 63.2 Å². The predicted molar refractivity (Wildman–Crippen MR) is 555 cm³/mol. The van der Waals surface area contributed by atoms with Crippen molar-refractivity contribution in [2.24, 2.45) is 0 Å². The molecule has 12 aromatic rings. The molecule has 0 atom stereocenters. The number of nitro groups is 2. The molecule has 11 heterocycles. The van der Waals surface area contributed by atoms with Crippen molar-refractivity contribution in [3.05, 3.63) is 250 Å². The van der Waals surface area contributed by atoms with E-state index in [-0.39, 0.29) is 112 Å². The van der Waals surface area contributed by atoms with Crippen LogP contribution in [0.3, 0.4) is 0 Å². The number of carboxylic acid groups (broad SMARTS) is 1. The van der Waals surface area contributed by atoms with Gasteiger partial charge in [-0.2, -0.15) is 0 Å². The zero-order valence-corrected chi connectivity index (χ0v) is 87.8. The fraction of sp³-hybridized carbons (Fsp3) is 0.323. The number of rotatable bonds is 29. The highest BCUT2D eigenvalue weighted by molar-refractivity contribution is 7.93. The molecular weight excluding hydrogens is 2040 g/mol. The Morgan fingerprint density at radius 2 is 0.740 bits per heavy atom. The number of benzene rings is 9. The van der Waals surface area contributed by atoms with Crippen molar-refractivity contribution >= 4 is 144 Å². The first-order valence-corrected chi connectivity index (χ1v) is 57.4. The lowest BCUT2D eigenvalue weighted by Gasteiger charge is -2.33. The number of para-hydroxylation sites is 2. The molecule has 0 saturated carbocycles. The molecule has 20 rings (SSSR count). The van der Waals surface area contributed by atoms with Crippen LogP contribution in [0.25, 0.3) is 33.8 Å². The molecule has 3 aromatic heterocycles. The molecule has 8 aliphatic heterocycles. The van der Waals surface area contributed by atoms with E-state index in [0.29, 0.717) is 116 Å². The predicted octanol–water partition coefficient (Wildman–Crippen LogP) is 20.6. The van der Waals surface area contributed by atoms with Crippen molar-refractivity contribution < 1.29 is 115 Å². The molecule has 0 aliphatic carbocycles. The third-order valence-corrected chi connectivity index (χ3v) is 39.0. The van der Waals surface area contributed by atoms with Crippen molar-refractivity contribution in [3.8, 4) is 79.8 Å². The average Bonchev–Trinajstić information content (AvgIpc) is 1.49. The summed E-state index contributed by atoms with van der Waals surface area (Å²) in [6.45, 7) is 23.5. The largest absolute Gasteiger partial charge is 0.481 e. The quantitative estimate of drug-likeness (QED) is 0.0165. The van der Waals surface area contributed by atoms with E-state index in [2.05, 4.69) is 80.1 Å². The van der Waals surface area contributed by atoms with E-state index in [1.165, 1.54) is 122 Å². The molecule has 47 heteroatoms. The van der Waals surface area contributed by atoms with E-state index in [4.69, 9.17) is 55.9 Å². The zero-order valence-electron chi connectivity index (χ0n) is 81.0. The first-order valence-electron chi connectivity index (χ1n) is 46.8. The molecule has 8 aliphatic rings. The van der Waals surface area contributed by atoms with Crippen LogP contribution in [0.2, 0.25) is 0 Å². The van der Waals surface area contributed by atoms with Gasteiger partial charge in [0.15, 0.2) is 71.2 Å². The average molecular weight is 2150 g/mol. The Kier molecular flexibility index (Phi) is 34.5. The van der Waals surface area contributed by atoms with Crippen LogP contribution in [-0.2, 0) is 111 Å². The Morgan fingerprint density at radius 1 is 0.425 bits per heavy atom. The van der Waals surface area contributed by atoms with Gasteiger partial charge in [0, 0.05) is 68.8 Å². The second-order valence-electron chi connectivity index (χ2n) is 34.0. The third-order valence-electron chi connectivity index (χ3n) is 23.7. The number of amides is 3. The number of thiazole rings is 3. The van der Waals surface area contributed by atoms with Gasteiger partial charge in [0.2, 0.25) is 44.9 Å². The smallest absolute Gasteiger partial charge is 0.345 e. The molecule has 0 unspecified atom stereocenters. The molecule has 146 heavy (non-hydrogen) atoms. The van der Waals surface area contributed by atoms with Crippen LogP contribution in [-0.4, -0.2) is 160 Å². The monoisotopic (exact) mass is 2150 g/mol. The van der Waals surface area contributed by atoms with Gasteiger partial charge in [-0.05, 0) is 215 Å².